The number of Topliss-reactive ketones (excluding diaryl/α,β-unsaturated/α-hetero) is 1. The molecule has 1 saturated carbocycles. The molecule has 0 aromatic carbocycles. The summed E-state index contributed by atoms with van der Waals surface area (Å²) in [5.41, 5.74) is 0.601. The van der Waals surface area contributed by atoms with Gasteiger partial charge in [-0.15, -0.1) is 0 Å². The van der Waals surface area contributed by atoms with Gasteiger partial charge in [0.2, 0.25) is 0 Å². The Morgan fingerprint density at radius 1 is 1.62 bits per heavy atom. The molecule has 0 unspecified atom stereocenters. The molecule has 0 bridgehead atoms. The van der Waals surface area contributed by atoms with Crippen LogP contribution in [0.4, 0.5) is 0 Å². The molecule has 0 radical (unpaired) electrons. The lowest BCUT2D eigenvalue weighted by Gasteiger charge is -2.27. The predicted molar refractivity (Wildman–Crippen MR) is 49.9 cm³/mol. The van der Waals surface area contributed by atoms with Crippen LogP contribution in [0.3, 0.4) is 0 Å². The zero-order chi connectivity index (χ0) is 9.42. The summed E-state index contributed by atoms with van der Waals surface area (Å²) in [5, 5.41) is 0. The number of nitrogens with zero attached hydrogens (tertiary/aromatic N) is 2. The van der Waals surface area contributed by atoms with E-state index in [-0.39, 0.29) is 5.78 Å². The molecular weight excluding hydrogens is 164 g/mol. The lowest BCUT2D eigenvalue weighted by molar-refractivity contribution is 0.101. The molecule has 13 heavy (non-hydrogen) atoms. The van der Waals surface area contributed by atoms with Gasteiger partial charge in [0, 0.05) is 19.2 Å². The van der Waals surface area contributed by atoms with Gasteiger partial charge in [0.25, 0.3) is 0 Å². The van der Waals surface area contributed by atoms with Crippen molar-refractivity contribution in [2.24, 2.45) is 0 Å². The summed E-state index contributed by atoms with van der Waals surface area (Å²) in [6.45, 7) is 3.53. The molecule has 1 heterocycles. The van der Waals surface area contributed by atoms with Crippen molar-refractivity contribution in [3.63, 3.8) is 0 Å². The molecule has 3 heteroatoms. The minimum absolute atomic E-state index is 0.0566. The van der Waals surface area contributed by atoms with E-state index >= 15 is 0 Å². The third-order valence-corrected chi connectivity index (χ3v) is 2.75. The first-order valence-electron chi connectivity index (χ1n) is 4.75. The van der Waals surface area contributed by atoms with Crippen LogP contribution in [0.25, 0.3) is 0 Å². The van der Waals surface area contributed by atoms with E-state index in [1.165, 1.54) is 19.3 Å². The normalized spacial score (nSPS) is 17.1. The highest BCUT2D eigenvalue weighted by Gasteiger charge is 2.21. The number of carbonyl (C=O) groups is 1. The van der Waals surface area contributed by atoms with Crippen molar-refractivity contribution in [2.45, 2.75) is 39.2 Å². The van der Waals surface area contributed by atoms with E-state index in [4.69, 9.17) is 0 Å². The Morgan fingerprint density at radius 2 is 2.31 bits per heavy atom. The number of carbonyl (C=O) groups excluding carboxylic acids is 1. The highest BCUT2D eigenvalue weighted by Crippen LogP contribution is 2.32. The van der Waals surface area contributed by atoms with Gasteiger partial charge in [-0.3, -0.25) is 4.79 Å². The Morgan fingerprint density at radius 3 is 2.69 bits per heavy atom. The standard InChI is InChI=1S/C10H14N2O/c1-7(13)10-6-12(8(2)11-10)9-4-3-5-9/h6,9H,3-5H2,1-2H3. The van der Waals surface area contributed by atoms with Crippen molar-refractivity contribution in [2.75, 3.05) is 0 Å². The smallest absolute Gasteiger partial charge is 0.179 e. The van der Waals surface area contributed by atoms with Crippen molar-refractivity contribution >= 4 is 5.78 Å². The molecule has 1 aromatic heterocycles. The number of aryl methyl sites for hydroxylation is 1. The third kappa shape index (κ3) is 1.39. The van der Waals surface area contributed by atoms with Crippen molar-refractivity contribution in [1.29, 1.82) is 0 Å². The van der Waals surface area contributed by atoms with Crippen LogP contribution in [-0.4, -0.2) is 15.3 Å². The largest absolute Gasteiger partial charge is 0.331 e. The highest BCUT2D eigenvalue weighted by atomic mass is 16.1. The predicted octanol–water partition coefficient (Wildman–Crippen LogP) is 2.12. The molecule has 1 aliphatic rings. The summed E-state index contributed by atoms with van der Waals surface area (Å²) in [6.07, 6.45) is 5.66. The van der Waals surface area contributed by atoms with E-state index in [9.17, 15) is 4.79 Å². The fourth-order valence-corrected chi connectivity index (χ4v) is 1.69. The molecule has 0 aliphatic heterocycles. The Kier molecular flexibility index (Phi) is 1.94. The zero-order valence-electron chi connectivity index (χ0n) is 8.08. The summed E-state index contributed by atoms with van der Waals surface area (Å²) in [6, 6.07) is 0.598. The molecule has 3 nitrogen and oxygen atoms in total. The van der Waals surface area contributed by atoms with E-state index < -0.39 is 0 Å². The lowest BCUT2D eigenvalue weighted by Crippen LogP contribution is -2.17. The van der Waals surface area contributed by atoms with Gasteiger partial charge in [-0.2, -0.15) is 0 Å². The highest BCUT2D eigenvalue weighted by molar-refractivity contribution is 5.91. The van der Waals surface area contributed by atoms with E-state index in [2.05, 4.69) is 9.55 Å². The third-order valence-electron chi connectivity index (χ3n) is 2.75. The van der Waals surface area contributed by atoms with Crippen LogP contribution < -0.4 is 0 Å². The first-order chi connectivity index (χ1) is 6.18. The minimum Gasteiger partial charge on any atom is -0.331 e. The van der Waals surface area contributed by atoms with Crippen molar-refractivity contribution in [3.05, 3.63) is 17.7 Å². The second-order valence-electron chi connectivity index (χ2n) is 3.72. The summed E-state index contributed by atoms with van der Waals surface area (Å²) < 4.78 is 2.14. The van der Waals surface area contributed by atoms with E-state index in [0.29, 0.717) is 11.7 Å². The van der Waals surface area contributed by atoms with Gasteiger partial charge < -0.3 is 4.57 Å². The average Bonchev–Trinajstić information content (AvgIpc) is 2.29. The monoisotopic (exact) mass is 178 g/mol. The van der Waals surface area contributed by atoms with Gasteiger partial charge in [-0.1, -0.05) is 0 Å². The van der Waals surface area contributed by atoms with Gasteiger partial charge in [-0.25, -0.2) is 4.98 Å². The van der Waals surface area contributed by atoms with Gasteiger partial charge in [0.15, 0.2) is 5.78 Å². The maximum atomic E-state index is 11.1. The quantitative estimate of drug-likeness (QED) is 0.650. The van der Waals surface area contributed by atoms with Crippen molar-refractivity contribution in [1.82, 2.24) is 9.55 Å². The number of ketones is 1. The minimum atomic E-state index is 0.0566. The Labute approximate surface area is 77.8 Å². The van der Waals surface area contributed by atoms with Gasteiger partial charge in [0.1, 0.15) is 11.5 Å². The van der Waals surface area contributed by atoms with Crippen LogP contribution in [0.5, 0.6) is 0 Å². The molecule has 0 atom stereocenters. The average molecular weight is 178 g/mol. The van der Waals surface area contributed by atoms with Gasteiger partial charge >= 0.3 is 0 Å². The van der Waals surface area contributed by atoms with Crippen LogP contribution in [0.15, 0.2) is 6.20 Å². The van der Waals surface area contributed by atoms with Gasteiger partial charge in [-0.05, 0) is 26.2 Å². The molecule has 2 rings (SSSR count). The molecule has 70 valence electrons. The molecule has 1 fully saturated rings. The Balaban J connectivity index is 2.29. The SMILES string of the molecule is CC(=O)c1cn(C2CCC2)c(C)n1. The first-order valence-corrected chi connectivity index (χ1v) is 4.75. The maximum Gasteiger partial charge on any atom is 0.179 e. The fourth-order valence-electron chi connectivity index (χ4n) is 1.69. The van der Waals surface area contributed by atoms with Gasteiger partial charge in [0.05, 0.1) is 0 Å². The summed E-state index contributed by atoms with van der Waals surface area (Å²) in [4.78, 5) is 15.3. The summed E-state index contributed by atoms with van der Waals surface area (Å²) in [7, 11) is 0. The van der Waals surface area contributed by atoms with E-state index in [1.54, 1.807) is 6.92 Å². The van der Waals surface area contributed by atoms with Crippen LogP contribution in [-0.2, 0) is 0 Å². The molecular formula is C10H14N2O. The van der Waals surface area contributed by atoms with Crippen LogP contribution in [0, 0.1) is 6.92 Å². The van der Waals surface area contributed by atoms with Crippen LogP contribution in [0.1, 0.15) is 48.5 Å². The number of rotatable bonds is 2. The fraction of sp³-hybridized carbons (Fsp3) is 0.600. The second-order valence-corrected chi connectivity index (χ2v) is 3.72. The number of imidazole rings is 1. The summed E-state index contributed by atoms with van der Waals surface area (Å²) in [5.74, 6) is 1.02. The van der Waals surface area contributed by atoms with Crippen LogP contribution in [0.2, 0.25) is 0 Å². The topological polar surface area (TPSA) is 34.9 Å². The van der Waals surface area contributed by atoms with Crippen molar-refractivity contribution < 1.29 is 4.79 Å². The second kappa shape index (κ2) is 2.98. The van der Waals surface area contributed by atoms with E-state index in [0.717, 1.165) is 5.82 Å². The number of hydrogen-bond acceptors (Lipinski definition) is 2. The Bertz CT molecular complexity index is 337. The lowest BCUT2D eigenvalue weighted by atomic mass is 9.93. The molecule has 0 amide bonds. The first kappa shape index (κ1) is 8.48. The number of aromatic nitrogens is 2. The number of hydrogen-bond donors (Lipinski definition) is 0. The summed E-state index contributed by atoms with van der Waals surface area (Å²) >= 11 is 0. The van der Waals surface area contributed by atoms with Crippen molar-refractivity contribution in [3.8, 4) is 0 Å². The molecule has 1 aliphatic carbocycles. The molecule has 1 aromatic rings. The Hall–Kier alpha value is -1.12. The molecule has 0 spiro atoms. The molecule has 0 N–H and O–H groups in total. The van der Waals surface area contributed by atoms with Crippen LogP contribution >= 0.6 is 0 Å². The zero-order valence-corrected chi connectivity index (χ0v) is 8.08. The maximum absolute atomic E-state index is 11.1. The van der Waals surface area contributed by atoms with E-state index in [1.807, 2.05) is 13.1 Å². The molecule has 0 saturated heterocycles.